The maximum Gasteiger partial charge on any atom is 0.163 e. The van der Waals surface area contributed by atoms with Crippen molar-refractivity contribution >= 4 is 11.5 Å². The molecule has 102 valence electrons. The molecule has 0 saturated carbocycles. The van der Waals surface area contributed by atoms with Crippen molar-refractivity contribution in [1.82, 2.24) is 0 Å². The first-order valence-corrected chi connectivity index (χ1v) is 6.13. The van der Waals surface area contributed by atoms with Crippen molar-refractivity contribution < 1.29 is 19.7 Å². The summed E-state index contributed by atoms with van der Waals surface area (Å²) in [7, 11) is 1.57. The number of phenolic OH excluding ortho intramolecular Hbond substituents is 1. The molecule has 4 nitrogen and oxygen atoms in total. The first kappa shape index (κ1) is 13.6. The fraction of sp³-hybridized carbons (Fsp3) is 0.400. The highest BCUT2D eigenvalue weighted by atomic mass is 16.5. The number of ketones is 1. The molecule has 1 aromatic rings. The molecule has 1 aliphatic carbocycles. The fourth-order valence-corrected chi connectivity index (χ4v) is 2.66. The molecule has 0 aliphatic heterocycles. The van der Waals surface area contributed by atoms with E-state index in [0.29, 0.717) is 17.5 Å². The Morgan fingerprint density at radius 2 is 2.05 bits per heavy atom. The van der Waals surface area contributed by atoms with Gasteiger partial charge in [0.2, 0.25) is 0 Å². The number of fused-ring (bicyclic) bond motifs is 1. The summed E-state index contributed by atoms with van der Waals surface area (Å²) in [4.78, 5) is 11.6. The zero-order valence-electron chi connectivity index (χ0n) is 11.6. The summed E-state index contributed by atoms with van der Waals surface area (Å²) in [6, 6.07) is 1.83. The number of aliphatic hydroxyl groups excluding tert-OH is 1. The van der Waals surface area contributed by atoms with E-state index in [1.807, 2.05) is 13.0 Å². The smallest absolute Gasteiger partial charge is 0.163 e. The molecule has 0 aromatic heterocycles. The maximum absolute atomic E-state index is 11.6. The molecular weight excluding hydrogens is 244 g/mol. The largest absolute Gasteiger partial charge is 0.507 e. The van der Waals surface area contributed by atoms with E-state index in [9.17, 15) is 15.0 Å². The molecule has 0 bridgehead atoms. The number of aliphatic hydroxyl groups is 1. The predicted octanol–water partition coefficient (Wildman–Crippen LogP) is 2.76. The van der Waals surface area contributed by atoms with Crippen LogP contribution in [0.1, 0.15) is 40.9 Å². The Morgan fingerprint density at radius 3 is 2.58 bits per heavy atom. The number of hydrogen-bond donors (Lipinski definition) is 2. The second-order valence-electron chi connectivity index (χ2n) is 5.23. The van der Waals surface area contributed by atoms with Crippen LogP contribution in [0.15, 0.2) is 12.1 Å². The van der Waals surface area contributed by atoms with Gasteiger partial charge in [-0.3, -0.25) is 4.79 Å². The number of ether oxygens (including phenoxy) is 1. The number of Topliss-reactive ketones (excluding diaryl/α,β-unsaturated/α-hetero) is 1. The second-order valence-corrected chi connectivity index (χ2v) is 5.23. The summed E-state index contributed by atoms with van der Waals surface area (Å²) < 4.78 is 5.38. The van der Waals surface area contributed by atoms with Gasteiger partial charge in [0, 0.05) is 13.5 Å². The number of phenols is 1. The molecule has 2 N–H and O–H groups in total. The number of rotatable bonds is 2. The van der Waals surface area contributed by atoms with E-state index in [0.717, 1.165) is 5.56 Å². The van der Waals surface area contributed by atoms with E-state index in [-0.39, 0.29) is 22.9 Å². The first-order chi connectivity index (χ1) is 8.79. The van der Waals surface area contributed by atoms with Crippen LogP contribution in [-0.2, 0) is 11.2 Å². The van der Waals surface area contributed by atoms with Crippen LogP contribution in [0.25, 0.3) is 5.76 Å². The summed E-state index contributed by atoms with van der Waals surface area (Å²) in [6.45, 7) is 5.03. The Balaban J connectivity index is 2.70. The Kier molecular flexibility index (Phi) is 3.14. The Labute approximate surface area is 112 Å². The lowest BCUT2D eigenvalue weighted by Crippen LogP contribution is -2.31. The van der Waals surface area contributed by atoms with Gasteiger partial charge in [-0.1, -0.05) is 6.07 Å². The first-order valence-electron chi connectivity index (χ1n) is 6.13. The zero-order chi connectivity index (χ0) is 14.4. The van der Waals surface area contributed by atoms with Crippen molar-refractivity contribution in [2.24, 2.45) is 0 Å². The van der Waals surface area contributed by atoms with Crippen LogP contribution in [0.3, 0.4) is 0 Å². The van der Waals surface area contributed by atoms with Gasteiger partial charge < -0.3 is 14.9 Å². The van der Waals surface area contributed by atoms with E-state index in [4.69, 9.17) is 4.74 Å². The normalized spacial score (nSPS) is 21.8. The van der Waals surface area contributed by atoms with Crippen molar-refractivity contribution in [2.75, 3.05) is 7.11 Å². The molecule has 1 unspecified atom stereocenters. The molecule has 0 spiro atoms. The summed E-state index contributed by atoms with van der Waals surface area (Å²) in [5.41, 5.74) is 1.49. The summed E-state index contributed by atoms with van der Waals surface area (Å²) in [6.07, 6.45) is 2.10. The number of hydrogen-bond acceptors (Lipinski definition) is 4. The van der Waals surface area contributed by atoms with Crippen molar-refractivity contribution in [3.05, 3.63) is 34.4 Å². The van der Waals surface area contributed by atoms with Gasteiger partial charge in [0.25, 0.3) is 0 Å². The van der Waals surface area contributed by atoms with Crippen LogP contribution in [0.5, 0.6) is 5.75 Å². The van der Waals surface area contributed by atoms with Crippen molar-refractivity contribution in [2.45, 2.75) is 32.8 Å². The van der Waals surface area contributed by atoms with Gasteiger partial charge in [0.05, 0.1) is 16.7 Å². The van der Waals surface area contributed by atoms with Crippen LogP contribution in [0.2, 0.25) is 0 Å². The lowest BCUT2D eigenvalue weighted by molar-refractivity contribution is 0.0468. The molecule has 0 radical (unpaired) electrons. The van der Waals surface area contributed by atoms with Gasteiger partial charge in [0.15, 0.2) is 5.78 Å². The van der Waals surface area contributed by atoms with Crippen molar-refractivity contribution in [3.63, 3.8) is 0 Å². The zero-order valence-corrected chi connectivity index (χ0v) is 11.6. The Hall–Kier alpha value is -1.81. The van der Waals surface area contributed by atoms with E-state index >= 15 is 0 Å². The van der Waals surface area contributed by atoms with E-state index in [2.05, 4.69) is 0 Å². The third-order valence-electron chi connectivity index (χ3n) is 3.64. The number of carbonyl (C=O) groups is 1. The molecule has 19 heavy (non-hydrogen) atoms. The van der Waals surface area contributed by atoms with E-state index < -0.39 is 5.60 Å². The lowest BCUT2D eigenvalue weighted by Gasteiger charge is -2.31. The van der Waals surface area contributed by atoms with Crippen molar-refractivity contribution in [1.29, 1.82) is 0 Å². The van der Waals surface area contributed by atoms with Gasteiger partial charge in [-0.05, 0) is 38.0 Å². The highest BCUT2D eigenvalue weighted by Crippen LogP contribution is 2.40. The SMILES string of the molecule is COC1(C)C=C(O)c2c(cc(C)c(C(C)=O)c2O)C1. The van der Waals surface area contributed by atoms with Crippen molar-refractivity contribution in [3.8, 4) is 5.75 Å². The Bertz CT molecular complexity index is 586. The van der Waals surface area contributed by atoms with Gasteiger partial charge in [-0.25, -0.2) is 0 Å². The lowest BCUT2D eigenvalue weighted by atomic mass is 9.83. The summed E-state index contributed by atoms with van der Waals surface area (Å²) in [5, 5.41) is 20.4. The number of aryl methyl sites for hydroxylation is 1. The van der Waals surface area contributed by atoms with Crippen LogP contribution in [0, 0.1) is 6.92 Å². The molecule has 0 heterocycles. The molecule has 1 atom stereocenters. The average Bonchev–Trinajstić information content (AvgIpc) is 2.26. The van der Waals surface area contributed by atoms with Crippen LogP contribution >= 0.6 is 0 Å². The van der Waals surface area contributed by atoms with Crippen LogP contribution in [0.4, 0.5) is 0 Å². The standard InChI is InChI=1S/C15H18O4/c1-8-5-10-6-15(3,19-4)7-11(17)13(10)14(18)12(8)9(2)16/h5,7,17-18H,6H2,1-4H3. The quantitative estimate of drug-likeness (QED) is 0.804. The maximum atomic E-state index is 11.6. The predicted molar refractivity (Wildman–Crippen MR) is 72.6 cm³/mol. The third kappa shape index (κ3) is 2.12. The topological polar surface area (TPSA) is 66.8 Å². The highest BCUT2D eigenvalue weighted by molar-refractivity contribution is 6.00. The second kappa shape index (κ2) is 4.38. The molecule has 0 saturated heterocycles. The number of aromatic hydroxyl groups is 1. The third-order valence-corrected chi connectivity index (χ3v) is 3.64. The minimum absolute atomic E-state index is 0.0504. The molecule has 0 amide bonds. The number of benzene rings is 1. The van der Waals surface area contributed by atoms with Gasteiger partial charge in [-0.15, -0.1) is 0 Å². The van der Waals surface area contributed by atoms with Crippen LogP contribution < -0.4 is 0 Å². The fourth-order valence-electron chi connectivity index (χ4n) is 2.66. The van der Waals surface area contributed by atoms with E-state index in [1.165, 1.54) is 6.92 Å². The summed E-state index contributed by atoms with van der Waals surface area (Å²) in [5.74, 6) is -0.411. The minimum atomic E-state index is -0.603. The minimum Gasteiger partial charge on any atom is -0.507 e. The van der Waals surface area contributed by atoms with Gasteiger partial charge in [0.1, 0.15) is 11.5 Å². The molecule has 4 heteroatoms. The van der Waals surface area contributed by atoms with Gasteiger partial charge in [-0.2, -0.15) is 0 Å². The molecule has 1 aliphatic rings. The molecule has 0 fully saturated rings. The average molecular weight is 262 g/mol. The Morgan fingerprint density at radius 1 is 1.42 bits per heavy atom. The molecule has 2 rings (SSSR count). The monoisotopic (exact) mass is 262 g/mol. The molecule has 1 aromatic carbocycles. The van der Waals surface area contributed by atoms with Crippen LogP contribution in [-0.4, -0.2) is 28.7 Å². The molecular formula is C15H18O4. The number of carbonyl (C=O) groups excluding carboxylic acids is 1. The van der Waals surface area contributed by atoms with Gasteiger partial charge >= 0.3 is 0 Å². The van der Waals surface area contributed by atoms with E-state index in [1.54, 1.807) is 20.1 Å². The summed E-state index contributed by atoms with van der Waals surface area (Å²) >= 11 is 0. The highest BCUT2D eigenvalue weighted by Gasteiger charge is 2.32. The number of methoxy groups -OCH3 is 1.